The number of amides is 1. The number of carbonyl (C=O) groups excluding carboxylic acids is 1. The number of benzene rings is 1. The van der Waals surface area contributed by atoms with Gasteiger partial charge in [-0.1, -0.05) is 13.0 Å². The van der Waals surface area contributed by atoms with Gasteiger partial charge in [-0.3, -0.25) is 4.79 Å². The highest BCUT2D eigenvalue weighted by molar-refractivity contribution is 7.93. The molecule has 0 aliphatic rings. The third-order valence-electron chi connectivity index (χ3n) is 3.94. The summed E-state index contributed by atoms with van der Waals surface area (Å²) in [6.45, 7) is 3.74. The minimum atomic E-state index is -4.00. The third-order valence-corrected chi connectivity index (χ3v) is 6.51. The van der Waals surface area contributed by atoms with E-state index in [1.165, 1.54) is 35.6 Å². The summed E-state index contributed by atoms with van der Waals surface area (Å²) < 4.78 is 28.0. The minimum absolute atomic E-state index is 0.0214. The van der Waals surface area contributed by atoms with Crippen molar-refractivity contribution >= 4 is 38.2 Å². The molecular formula is C18H18N4O3S2. The number of hydrogen-bond donors (Lipinski definition) is 1. The van der Waals surface area contributed by atoms with Crippen molar-refractivity contribution in [2.45, 2.75) is 25.2 Å². The number of pyridine rings is 1. The Labute approximate surface area is 161 Å². The van der Waals surface area contributed by atoms with Crippen LogP contribution in [0.25, 0.3) is 0 Å². The Kier molecular flexibility index (Phi) is 5.24. The molecule has 2 aromatic heterocycles. The van der Waals surface area contributed by atoms with E-state index in [9.17, 15) is 13.2 Å². The van der Waals surface area contributed by atoms with Crippen LogP contribution >= 0.6 is 11.3 Å². The zero-order valence-electron chi connectivity index (χ0n) is 14.8. The van der Waals surface area contributed by atoms with Crippen molar-refractivity contribution in [2.24, 2.45) is 5.73 Å². The number of sulfonamides is 1. The van der Waals surface area contributed by atoms with Gasteiger partial charge >= 0.3 is 0 Å². The SMILES string of the molecule is CCc1ccc(C)nc1N(c1nccs1)S(=O)(=O)c1ccc(C(N)=O)cc1. The maximum Gasteiger partial charge on any atom is 0.271 e. The quantitative estimate of drug-likeness (QED) is 0.682. The fraction of sp³-hybridized carbons (Fsp3) is 0.167. The first kappa shape index (κ1) is 19.0. The number of thiazole rings is 1. The van der Waals surface area contributed by atoms with Crippen LogP contribution in [-0.2, 0) is 16.4 Å². The van der Waals surface area contributed by atoms with E-state index in [0.29, 0.717) is 23.1 Å². The first-order valence-electron chi connectivity index (χ1n) is 8.15. The van der Waals surface area contributed by atoms with E-state index in [0.717, 1.165) is 9.87 Å². The molecule has 1 aromatic carbocycles. The largest absolute Gasteiger partial charge is 0.366 e. The number of aromatic nitrogens is 2. The number of rotatable bonds is 6. The lowest BCUT2D eigenvalue weighted by molar-refractivity contribution is 0.1000. The molecule has 0 spiro atoms. The zero-order chi connectivity index (χ0) is 19.6. The van der Waals surface area contributed by atoms with Crippen LogP contribution in [0.15, 0.2) is 52.9 Å². The average Bonchev–Trinajstić information content (AvgIpc) is 3.16. The summed E-state index contributed by atoms with van der Waals surface area (Å²) in [5, 5.41) is 2.00. The highest BCUT2D eigenvalue weighted by Gasteiger charge is 2.31. The van der Waals surface area contributed by atoms with Crippen molar-refractivity contribution in [3.05, 3.63) is 64.8 Å². The molecule has 0 radical (unpaired) electrons. The van der Waals surface area contributed by atoms with Gasteiger partial charge in [-0.2, -0.15) is 4.31 Å². The first-order valence-corrected chi connectivity index (χ1v) is 10.5. The predicted molar refractivity (Wildman–Crippen MR) is 105 cm³/mol. The van der Waals surface area contributed by atoms with Gasteiger partial charge in [-0.05, 0) is 49.2 Å². The molecule has 0 saturated carbocycles. The van der Waals surface area contributed by atoms with Gasteiger partial charge < -0.3 is 5.73 Å². The first-order chi connectivity index (χ1) is 12.8. The van der Waals surface area contributed by atoms with Crippen molar-refractivity contribution in [1.29, 1.82) is 0 Å². The third kappa shape index (κ3) is 3.69. The van der Waals surface area contributed by atoms with E-state index < -0.39 is 15.9 Å². The normalized spacial score (nSPS) is 11.3. The van der Waals surface area contributed by atoms with Gasteiger partial charge in [0.2, 0.25) is 11.0 Å². The maximum atomic E-state index is 13.4. The van der Waals surface area contributed by atoms with Crippen LogP contribution in [0.2, 0.25) is 0 Å². The second-order valence-corrected chi connectivity index (χ2v) is 8.42. The van der Waals surface area contributed by atoms with Crippen molar-refractivity contribution in [3.8, 4) is 0 Å². The lowest BCUT2D eigenvalue weighted by Crippen LogP contribution is -2.28. The zero-order valence-corrected chi connectivity index (χ0v) is 16.4. The lowest BCUT2D eigenvalue weighted by atomic mass is 10.2. The van der Waals surface area contributed by atoms with E-state index in [1.807, 2.05) is 19.1 Å². The number of nitrogens with two attached hydrogens (primary N) is 1. The molecule has 0 aliphatic heterocycles. The Balaban J connectivity index is 2.20. The van der Waals surface area contributed by atoms with Crippen molar-refractivity contribution in [1.82, 2.24) is 9.97 Å². The summed E-state index contributed by atoms with van der Waals surface area (Å²) in [7, 11) is -4.00. The van der Waals surface area contributed by atoms with E-state index in [2.05, 4.69) is 9.97 Å². The van der Waals surface area contributed by atoms with Gasteiger partial charge in [0, 0.05) is 22.8 Å². The number of primary amides is 1. The molecule has 3 rings (SSSR count). The average molecular weight is 403 g/mol. The molecule has 0 bridgehead atoms. The Hall–Kier alpha value is -2.78. The smallest absolute Gasteiger partial charge is 0.271 e. The number of carbonyl (C=O) groups is 1. The molecule has 0 atom stereocenters. The fourth-order valence-electron chi connectivity index (χ4n) is 2.54. The van der Waals surface area contributed by atoms with Crippen LogP contribution in [-0.4, -0.2) is 24.3 Å². The van der Waals surface area contributed by atoms with Gasteiger partial charge in [0.1, 0.15) is 0 Å². The Morgan fingerprint density at radius 1 is 1.19 bits per heavy atom. The van der Waals surface area contributed by atoms with Crippen LogP contribution in [0.3, 0.4) is 0 Å². The molecular weight excluding hydrogens is 384 g/mol. The summed E-state index contributed by atoms with van der Waals surface area (Å²) >= 11 is 1.20. The fourth-order valence-corrected chi connectivity index (χ4v) is 4.84. The summed E-state index contributed by atoms with van der Waals surface area (Å²) in [4.78, 5) is 20.0. The van der Waals surface area contributed by atoms with Crippen molar-refractivity contribution in [2.75, 3.05) is 4.31 Å². The molecule has 0 saturated heterocycles. The Morgan fingerprint density at radius 2 is 1.89 bits per heavy atom. The van der Waals surface area contributed by atoms with E-state index in [1.54, 1.807) is 18.5 Å². The summed E-state index contributed by atoms with van der Waals surface area (Å²) in [6, 6.07) is 9.20. The molecule has 2 N–H and O–H groups in total. The van der Waals surface area contributed by atoms with E-state index in [4.69, 9.17) is 5.73 Å². The van der Waals surface area contributed by atoms with Gasteiger partial charge in [0.15, 0.2) is 5.82 Å². The summed E-state index contributed by atoms with van der Waals surface area (Å²) in [5.41, 5.74) is 6.95. The molecule has 0 fully saturated rings. The van der Waals surface area contributed by atoms with Gasteiger partial charge in [-0.15, -0.1) is 11.3 Å². The number of hydrogen-bond acceptors (Lipinski definition) is 6. The van der Waals surface area contributed by atoms with E-state index >= 15 is 0 Å². The molecule has 27 heavy (non-hydrogen) atoms. The van der Waals surface area contributed by atoms with Crippen LogP contribution in [0, 0.1) is 6.92 Å². The predicted octanol–water partition coefficient (Wildman–Crippen LogP) is 3.03. The van der Waals surface area contributed by atoms with Crippen LogP contribution < -0.4 is 10.0 Å². The van der Waals surface area contributed by atoms with Gasteiger partial charge in [-0.25, -0.2) is 18.4 Å². The number of aryl methyl sites for hydroxylation is 2. The highest BCUT2D eigenvalue weighted by Crippen LogP contribution is 2.35. The standard InChI is InChI=1S/C18H18N4O3S2/c1-3-13-5-4-12(2)21-17(13)22(18-20-10-11-26-18)27(24,25)15-8-6-14(7-9-15)16(19)23/h4-11H,3H2,1-2H3,(H2,19,23). The topological polar surface area (TPSA) is 106 Å². The van der Waals surface area contributed by atoms with Gasteiger partial charge in [0.05, 0.1) is 4.90 Å². The molecule has 2 heterocycles. The molecule has 140 valence electrons. The molecule has 3 aromatic rings. The monoisotopic (exact) mass is 402 g/mol. The molecule has 1 amide bonds. The van der Waals surface area contributed by atoms with Crippen LogP contribution in [0.4, 0.5) is 10.9 Å². The molecule has 7 nitrogen and oxygen atoms in total. The Morgan fingerprint density at radius 3 is 2.44 bits per heavy atom. The van der Waals surface area contributed by atoms with Gasteiger partial charge in [0.25, 0.3) is 10.0 Å². The minimum Gasteiger partial charge on any atom is -0.366 e. The highest BCUT2D eigenvalue weighted by atomic mass is 32.2. The summed E-state index contributed by atoms with van der Waals surface area (Å²) in [5.74, 6) is -0.296. The second-order valence-electron chi connectivity index (χ2n) is 5.76. The molecule has 9 heteroatoms. The van der Waals surface area contributed by atoms with Crippen molar-refractivity contribution in [3.63, 3.8) is 0 Å². The van der Waals surface area contributed by atoms with E-state index in [-0.39, 0.29) is 10.5 Å². The lowest BCUT2D eigenvalue weighted by Gasteiger charge is -2.23. The Bertz CT molecular complexity index is 1060. The molecule has 0 aliphatic carbocycles. The second kappa shape index (κ2) is 7.45. The number of nitrogens with zero attached hydrogens (tertiary/aromatic N) is 3. The molecule has 0 unspecified atom stereocenters. The van der Waals surface area contributed by atoms with Crippen LogP contribution in [0.1, 0.15) is 28.5 Å². The summed E-state index contributed by atoms with van der Waals surface area (Å²) in [6.07, 6.45) is 2.15. The van der Waals surface area contributed by atoms with Crippen LogP contribution in [0.5, 0.6) is 0 Å². The van der Waals surface area contributed by atoms with Crippen molar-refractivity contribution < 1.29 is 13.2 Å². The number of anilines is 2. The maximum absolute atomic E-state index is 13.4.